The molecule has 1 aromatic heterocycles. The molecule has 2 aromatic carbocycles. The molecule has 25 heavy (non-hydrogen) atoms. The second kappa shape index (κ2) is 7.19. The van der Waals surface area contributed by atoms with Crippen LogP contribution in [0.4, 0.5) is 11.4 Å². The minimum Gasteiger partial charge on any atom is -0.506 e. The van der Waals surface area contributed by atoms with Crippen LogP contribution in [-0.4, -0.2) is 16.9 Å². The highest BCUT2D eigenvalue weighted by Crippen LogP contribution is 2.28. The maximum atomic E-state index is 12.3. The van der Waals surface area contributed by atoms with Crippen LogP contribution in [0, 0.1) is 6.92 Å². The Kier molecular flexibility index (Phi) is 4.81. The van der Waals surface area contributed by atoms with E-state index in [2.05, 4.69) is 10.6 Å². The maximum Gasteiger partial charge on any atom is 0.265 e. The number of anilines is 2. The molecule has 0 saturated carbocycles. The molecular formula is C19H16N2O3S. The van der Waals surface area contributed by atoms with Gasteiger partial charge < -0.3 is 15.7 Å². The van der Waals surface area contributed by atoms with Crippen molar-refractivity contribution in [3.8, 4) is 5.75 Å². The van der Waals surface area contributed by atoms with Crippen LogP contribution in [0.3, 0.4) is 0 Å². The van der Waals surface area contributed by atoms with E-state index in [1.807, 2.05) is 24.4 Å². The van der Waals surface area contributed by atoms with Gasteiger partial charge in [-0.3, -0.25) is 9.59 Å². The Morgan fingerprint density at radius 3 is 2.44 bits per heavy atom. The second-order valence-corrected chi connectivity index (χ2v) is 6.38. The van der Waals surface area contributed by atoms with Gasteiger partial charge in [-0.05, 0) is 42.1 Å². The van der Waals surface area contributed by atoms with Crippen LogP contribution in [-0.2, 0) is 0 Å². The van der Waals surface area contributed by atoms with Crippen molar-refractivity contribution in [2.75, 3.05) is 10.6 Å². The molecule has 0 aliphatic carbocycles. The highest BCUT2D eigenvalue weighted by Gasteiger charge is 2.12. The van der Waals surface area contributed by atoms with Crippen LogP contribution in [0.15, 0.2) is 60.0 Å². The number of benzene rings is 2. The highest BCUT2D eigenvalue weighted by molar-refractivity contribution is 7.12. The lowest BCUT2D eigenvalue weighted by atomic mass is 10.1. The maximum absolute atomic E-state index is 12.3. The number of aromatic hydroxyl groups is 1. The Morgan fingerprint density at radius 2 is 1.76 bits per heavy atom. The summed E-state index contributed by atoms with van der Waals surface area (Å²) in [5, 5.41) is 17.3. The molecule has 6 heteroatoms. The Morgan fingerprint density at radius 1 is 0.960 bits per heavy atom. The van der Waals surface area contributed by atoms with Crippen LogP contribution in [0.1, 0.15) is 25.6 Å². The van der Waals surface area contributed by atoms with Gasteiger partial charge in [0.05, 0.1) is 10.6 Å². The lowest BCUT2D eigenvalue weighted by Gasteiger charge is -2.11. The summed E-state index contributed by atoms with van der Waals surface area (Å²) in [7, 11) is 0. The molecule has 3 N–H and O–H groups in total. The zero-order valence-electron chi connectivity index (χ0n) is 13.4. The first-order valence-electron chi connectivity index (χ1n) is 7.59. The molecule has 0 atom stereocenters. The third-order valence-electron chi connectivity index (χ3n) is 3.64. The van der Waals surface area contributed by atoms with E-state index in [0.29, 0.717) is 16.1 Å². The zero-order chi connectivity index (χ0) is 17.8. The van der Waals surface area contributed by atoms with E-state index in [-0.39, 0.29) is 23.3 Å². The summed E-state index contributed by atoms with van der Waals surface area (Å²) in [5.74, 6) is -0.666. The number of amides is 2. The average molecular weight is 352 g/mol. The van der Waals surface area contributed by atoms with E-state index in [1.54, 1.807) is 36.4 Å². The number of carbonyl (C=O) groups excluding carboxylic acids is 2. The van der Waals surface area contributed by atoms with Crippen LogP contribution in [0.2, 0.25) is 0 Å². The standard InChI is InChI=1S/C19H16N2O3S/c1-12-5-2-3-6-14(12)18(23)21-15-9-8-13(11-16(15)22)20-19(24)17-7-4-10-25-17/h2-11,22H,1H3,(H,20,24)(H,21,23). The first kappa shape index (κ1) is 16.7. The summed E-state index contributed by atoms with van der Waals surface area (Å²) in [4.78, 5) is 24.9. The molecule has 3 rings (SSSR count). The van der Waals surface area contributed by atoms with E-state index < -0.39 is 0 Å². The van der Waals surface area contributed by atoms with Gasteiger partial charge in [-0.15, -0.1) is 11.3 Å². The van der Waals surface area contributed by atoms with Crippen molar-refractivity contribution >= 4 is 34.5 Å². The molecule has 126 valence electrons. The predicted molar refractivity (Wildman–Crippen MR) is 99.5 cm³/mol. The minimum absolute atomic E-state index is 0.120. The number of phenolic OH excluding ortho intramolecular Hbond substituents is 1. The number of carbonyl (C=O) groups is 2. The first-order valence-corrected chi connectivity index (χ1v) is 8.47. The van der Waals surface area contributed by atoms with Crippen molar-refractivity contribution < 1.29 is 14.7 Å². The molecule has 1 heterocycles. The fraction of sp³-hybridized carbons (Fsp3) is 0.0526. The summed E-state index contributed by atoms with van der Waals surface area (Å²) in [6.45, 7) is 1.85. The van der Waals surface area contributed by atoms with Crippen LogP contribution in [0.25, 0.3) is 0 Å². The number of rotatable bonds is 4. The molecule has 2 amide bonds. The van der Waals surface area contributed by atoms with Crippen molar-refractivity contribution in [2.45, 2.75) is 6.92 Å². The van der Waals surface area contributed by atoms with Crippen LogP contribution >= 0.6 is 11.3 Å². The number of hydrogen-bond donors (Lipinski definition) is 3. The van der Waals surface area contributed by atoms with E-state index in [4.69, 9.17) is 0 Å². The normalized spacial score (nSPS) is 10.3. The fourth-order valence-corrected chi connectivity index (χ4v) is 2.95. The fourth-order valence-electron chi connectivity index (χ4n) is 2.33. The van der Waals surface area contributed by atoms with Crippen molar-refractivity contribution in [3.63, 3.8) is 0 Å². The Hall–Kier alpha value is -3.12. The van der Waals surface area contributed by atoms with E-state index in [9.17, 15) is 14.7 Å². The average Bonchev–Trinajstić information content (AvgIpc) is 3.12. The van der Waals surface area contributed by atoms with Gasteiger partial charge in [0.1, 0.15) is 5.75 Å². The van der Waals surface area contributed by atoms with Crippen LogP contribution in [0.5, 0.6) is 5.75 Å². The molecule has 0 bridgehead atoms. The summed E-state index contributed by atoms with van der Waals surface area (Å²) >= 11 is 1.33. The lowest BCUT2D eigenvalue weighted by molar-refractivity contribution is 0.101. The number of phenols is 1. The van der Waals surface area contributed by atoms with E-state index in [0.717, 1.165) is 5.56 Å². The Balaban J connectivity index is 1.73. The minimum atomic E-state index is -0.302. The third kappa shape index (κ3) is 3.87. The predicted octanol–water partition coefficient (Wildman–Crippen LogP) is 4.27. The molecule has 0 aliphatic heterocycles. The number of nitrogens with one attached hydrogen (secondary N) is 2. The zero-order valence-corrected chi connectivity index (χ0v) is 14.3. The van der Waals surface area contributed by atoms with Crippen LogP contribution < -0.4 is 10.6 Å². The number of hydrogen-bond acceptors (Lipinski definition) is 4. The number of aryl methyl sites for hydroxylation is 1. The summed E-state index contributed by atoms with van der Waals surface area (Å²) in [6, 6.07) is 15.3. The molecule has 0 spiro atoms. The van der Waals surface area contributed by atoms with Gasteiger partial charge in [0.15, 0.2) is 0 Å². The lowest BCUT2D eigenvalue weighted by Crippen LogP contribution is -2.14. The molecule has 3 aromatic rings. The Bertz CT molecular complexity index is 920. The van der Waals surface area contributed by atoms with Gasteiger partial charge in [0.25, 0.3) is 11.8 Å². The third-order valence-corrected chi connectivity index (χ3v) is 4.51. The SMILES string of the molecule is Cc1ccccc1C(=O)Nc1ccc(NC(=O)c2cccs2)cc1O. The molecule has 0 fully saturated rings. The number of thiophene rings is 1. The van der Waals surface area contributed by atoms with Gasteiger partial charge >= 0.3 is 0 Å². The van der Waals surface area contributed by atoms with E-state index >= 15 is 0 Å². The Labute approximate surface area is 148 Å². The molecule has 5 nitrogen and oxygen atoms in total. The van der Waals surface area contributed by atoms with Crippen molar-refractivity contribution in [2.24, 2.45) is 0 Å². The molecule has 0 radical (unpaired) electrons. The van der Waals surface area contributed by atoms with Gasteiger partial charge in [0.2, 0.25) is 0 Å². The second-order valence-electron chi connectivity index (χ2n) is 5.43. The van der Waals surface area contributed by atoms with Gasteiger partial charge in [-0.25, -0.2) is 0 Å². The van der Waals surface area contributed by atoms with Crippen molar-refractivity contribution in [1.29, 1.82) is 0 Å². The molecular weight excluding hydrogens is 336 g/mol. The van der Waals surface area contributed by atoms with Gasteiger partial charge in [-0.1, -0.05) is 24.3 Å². The topological polar surface area (TPSA) is 78.4 Å². The molecule has 0 saturated heterocycles. The summed E-state index contributed by atoms with van der Waals surface area (Å²) < 4.78 is 0. The van der Waals surface area contributed by atoms with Crippen molar-refractivity contribution in [3.05, 3.63) is 76.0 Å². The monoisotopic (exact) mass is 352 g/mol. The molecule has 0 unspecified atom stereocenters. The van der Waals surface area contributed by atoms with E-state index in [1.165, 1.54) is 17.4 Å². The first-order chi connectivity index (χ1) is 12.0. The van der Waals surface area contributed by atoms with Gasteiger partial charge in [-0.2, -0.15) is 0 Å². The summed E-state index contributed by atoms with van der Waals surface area (Å²) in [5.41, 5.74) is 2.11. The largest absolute Gasteiger partial charge is 0.506 e. The van der Waals surface area contributed by atoms with Gasteiger partial charge in [0, 0.05) is 17.3 Å². The quantitative estimate of drug-likeness (QED) is 0.614. The summed E-state index contributed by atoms with van der Waals surface area (Å²) in [6.07, 6.45) is 0. The highest BCUT2D eigenvalue weighted by atomic mass is 32.1. The van der Waals surface area contributed by atoms with Crippen molar-refractivity contribution in [1.82, 2.24) is 0 Å². The smallest absolute Gasteiger partial charge is 0.265 e. The molecule has 0 aliphatic rings.